The van der Waals surface area contributed by atoms with E-state index in [0.717, 1.165) is 6.42 Å². The van der Waals surface area contributed by atoms with E-state index in [0.29, 0.717) is 0 Å². The summed E-state index contributed by atoms with van der Waals surface area (Å²) in [6.07, 6.45) is 9.21. The molecule has 0 aromatic rings. The fourth-order valence-corrected chi connectivity index (χ4v) is 1.15. The molecular weight excluding hydrogens is 108 g/mol. The van der Waals surface area contributed by atoms with E-state index >= 15 is 0 Å². The van der Waals surface area contributed by atoms with Crippen molar-refractivity contribution in [3.63, 3.8) is 0 Å². The first-order valence-corrected chi connectivity index (χ1v) is 3.53. The van der Waals surface area contributed by atoms with Crippen LogP contribution in [0.2, 0.25) is 0 Å². The average molecular weight is 121 g/mol. The van der Waals surface area contributed by atoms with E-state index in [1.807, 2.05) is 0 Å². The molecule has 49 valence electrons. The highest BCUT2D eigenvalue weighted by Gasteiger charge is 1.95. The van der Waals surface area contributed by atoms with Gasteiger partial charge in [-0.1, -0.05) is 11.6 Å². The van der Waals surface area contributed by atoms with Gasteiger partial charge >= 0.3 is 0 Å². The maximum absolute atomic E-state index is 3.32. The van der Waals surface area contributed by atoms with Gasteiger partial charge < -0.3 is 0 Å². The minimum absolute atomic E-state index is 1.14. The van der Waals surface area contributed by atoms with E-state index in [1.165, 1.54) is 24.0 Å². The summed E-state index contributed by atoms with van der Waals surface area (Å²) in [4.78, 5) is 0. The lowest BCUT2D eigenvalue weighted by Gasteiger charge is -1.92. The van der Waals surface area contributed by atoms with Gasteiger partial charge in [0, 0.05) is 0 Å². The van der Waals surface area contributed by atoms with E-state index in [2.05, 4.69) is 26.0 Å². The zero-order valence-electron chi connectivity index (χ0n) is 6.20. The molecule has 1 aliphatic rings. The molecule has 0 N–H and O–H groups in total. The Kier molecular flexibility index (Phi) is 2.10. The molecule has 0 heteroatoms. The smallest absolute Gasteiger partial charge is 0.0270 e. The van der Waals surface area contributed by atoms with Gasteiger partial charge in [-0.3, -0.25) is 0 Å². The summed E-state index contributed by atoms with van der Waals surface area (Å²) in [5, 5.41) is 0. The summed E-state index contributed by atoms with van der Waals surface area (Å²) in [7, 11) is 0. The molecular formula is C9H13. The van der Waals surface area contributed by atoms with Crippen molar-refractivity contribution >= 4 is 0 Å². The van der Waals surface area contributed by atoms with Crippen molar-refractivity contribution in [2.45, 2.75) is 33.1 Å². The number of hydrogen-bond acceptors (Lipinski definition) is 0. The SMILES string of the molecule is CC1=[C]CCCC(C)=C1. The Labute approximate surface area is 57.3 Å². The molecule has 9 heavy (non-hydrogen) atoms. The minimum atomic E-state index is 1.14. The van der Waals surface area contributed by atoms with Crippen molar-refractivity contribution in [3.8, 4) is 0 Å². The molecule has 0 aromatic heterocycles. The summed E-state index contributed by atoms with van der Waals surface area (Å²) in [6.45, 7) is 4.31. The van der Waals surface area contributed by atoms with Gasteiger partial charge in [0.05, 0.1) is 0 Å². The zero-order valence-corrected chi connectivity index (χ0v) is 6.20. The molecule has 0 bridgehead atoms. The summed E-state index contributed by atoms with van der Waals surface area (Å²) >= 11 is 0. The van der Waals surface area contributed by atoms with Crippen LogP contribution in [-0.2, 0) is 0 Å². The van der Waals surface area contributed by atoms with Gasteiger partial charge in [-0.05, 0) is 44.8 Å². The van der Waals surface area contributed by atoms with Crippen LogP contribution in [0.5, 0.6) is 0 Å². The van der Waals surface area contributed by atoms with Crippen molar-refractivity contribution in [2.75, 3.05) is 0 Å². The van der Waals surface area contributed by atoms with Crippen LogP contribution in [0, 0.1) is 6.08 Å². The fourth-order valence-electron chi connectivity index (χ4n) is 1.15. The van der Waals surface area contributed by atoms with Crippen LogP contribution in [0.1, 0.15) is 33.1 Å². The third-order valence-corrected chi connectivity index (χ3v) is 1.61. The number of hydrogen-bond donors (Lipinski definition) is 0. The molecule has 1 rings (SSSR count). The lowest BCUT2D eigenvalue weighted by atomic mass is 10.1. The first-order chi connectivity index (χ1) is 4.29. The van der Waals surface area contributed by atoms with Gasteiger partial charge in [-0.25, -0.2) is 0 Å². The van der Waals surface area contributed by atoms with Gasteiger partial charge in [-0.2, -0.15) is 0 Å². The molecule has 0 nitrogen and oxygen atoms in total. The highest BCUT2D eigenvalue weighted by molar-refractivity contribution is 5.19. The third-order valence-electron chi connectivity index (χ3n) is 1.61. The molecule has 0 fully saturated rings. The molecule has 0 amide bonds. The monoisotopic (exact) mass is 121 g/mol. The maximum atomic E-state index is 3.32. The lowest BCUT2D eigenvalue weighted by Crippen LogP contribution is -1.72. The van der Waals surface area contributed by atoms with Crippen LogP contribution >= 0.6 is 0 Å². The van der Waals surface area contributed by atoms with Crippen LogP contribution in [0.4, 0.5) is 0 Å². The number of rotatable bonds is 0. The van der Waals surface area contributed by atoms with Crippen LogP contribution < -0.4 is 0 Å². The molecule has 0 aliphatic heterocycles. The second-order valence-corrected chi connectivity index (χ2v) is 2.70. The summed E-state index contributed by atoms with van der Waals surface area (Å²) in [5.74, 6) is 0. The topological polar surface area (TPSA) is 0 Å². The van der Waals surface area contributed by atoms with Gasteiger partial charge in [0.2, 0.25) is 0 Å². The van der Waals surface area contributed by atoms with Crippen molar-refractivity contribution in [1.29, 1.82) is 0 Å². The van der Waals surface area contributed by atoms with Crippen molar-refractivity contribution in [2.24, 2.45) is 0 Å². The highest BCUT2D eigenvalue weighted by Crippen LogP contribution is 2.14. The Hall–Kier alpha value is -0.520. The molecule has 1 aliphatic carbocycles. The van der Waals surface area contributed by atoms with E-state index in [-0.39, 0.29) is 0 Å². The van der Waals surface area contributed by atoms with E-state index in [1.54, 1.807) is 0 Å². The minimum Gasteiger partial charge on any atom is -0.0730 e. The van der Waals surface area contributed by atoms with Crippen LogP contribution in [0.3, 0.4) is 0 Å². The summed E-state index contributed by atoms with van der Waals surface area (Å²) in [6, 6.07) is 0. The van der Waals surface area contributed by atoms with Crippen molar-refractivity contribution in [1.82, 2.24) is 0 Å². The molecule has 0 saturated carbocycles. The molecule has 1 radical (unpaired) electrons. The summed E-state index contributed by atoms with van der Waals surface area (Å²) < 4.78 is 0. The maximum Gasteiger partial charge on any atom is -0.0270 e. The van der Waals surface area contributed by atoms with E-state index in [4.69, 9.17) is 0 Å². The van der Waals surface area contributed by atoms with Crippen LogP contribution in [-0.4, -0.2) is 0 Å². The second kappa shape index (κ2) is 2.86. The second-order valence-electron chi connectivity index (χ2n) is 2.70. The van der Waals surface area contributed by atoms with Crippen molar-refractivity contribution < 1.29 is 0 Å². The molecule has 0 spiro atoms. The van der Waals surface area contributed by atoms with Gasteiger partial charge in [0.15, 0.2) is 0 Å². The predicted octanol–water partition coefficient (Wildman–Crippen LogP) is 2.87. The highest BCUT2D eigenvalue weighted by atomic mass is 14.0. The van der Waals surface area contributed by atoms with Crippen molar-refractivity contribution in [3.05, 3.63) is 23.3 Å². The lowest BCUT2D eigenvalue weighted by molar-refractivity contribution is 0.830. The normalized spacial score (nSPS) is 20.2. The average Bonchev–Trinajstić information content (AvgIpc) is 1.93. The predicted molar refractivity (Wildman–Crippen MR) is 40.0 cm³/mol. The Morgan fingerprint density at radius 3 is 3.00 bits per heavy atom. The van der Waals surface area contributed by atoms with E-state index in [9.17, 15) is 0 Å². The Morgan fingerprint density at radius 2 is 2.22 bits per heavy atom. The van der Waals surface area contributed by atoms with Crippen LogP contribution in [0.15, 0.2) is 17.2 Å². The van der Waals surface area contributed by atoms with Gasteiger partial charge in [-0.15, -0.1) is 0 Å². The summed E-state index contributed by atoms with van der Waals surface area (Å²) in [5.41, 5.74) is 2.81. The fraction of sp³-hybridized carbons (Fsp3) is 0.556. The van der Waals surface area contributed by atoms with Crippen LogP contribution in [0.25, 0.3) is 0 Å². The largest absolute Gasteiger partial charge is 0.0730 e. The zero-order chi connectivity index (χ0) is 6.69. The third kappa shape index (κ3) is 2.05. The number of allylic oxidation sites excluding steroid dienone is 4. The van der Waals surface area contributed by atoms with Gasteiger partial charge in [0.25, 0.3) is 0 Å². The first kappa shape index (κ1) is 6.60. The molecule has 0 unspecified atom stereocenters. The Morgan fingerprint density at radius 1 is 1.44 bits per heavy atom. The van der Waals surface area contributed by atoms with E-state index < -0.39 is 0 Å². The Balaban J connectivity index is 2.67. The molecule has 0 atom stereocenters. The first-order valence-electron chi connectivity index (χ1n) is 3.53. The standard InChI is InChI=1S/C9H13/c1-8-5-3-4-6-9(2)7-8/h7H,3-5H2,1-2H3. The molecule has 0 aromatic carbocycles. The van der Waals surface area contributed by atoms with Gasteiger partial charge in [0.1, 0.15) is 0 Å². The Bertz CT molecular complexity index is 149. The molecule has 0 saturated heterocycles. The quantitative estimate of drug-likeness (QED) is 0.462. The molecule has 0 heterocycles.